The predicted molar refractivity (Wildman–Crippen MR) is 59.8 cm³/mol. The molecule has 86 valence electrons. The molecule has 1 fully saturated rings. The van der Waals surface area contributed by atoms with Crippen LogP contribution in [0.25, 0.3) is 0 Å². The summed E-state index contributed by atoms with van der Waals surface area (Å²) in [5.74, 6) is -0.0133. The fraction of sp³-hybridized carbons (Fsp3) is 0.778. The number of guanidine groups is 2. The molecule has 1 saturated heterocycles. The van der Waals surface area contributed by atoms with E-state index < -0.39 is 0 Å². The highest BCUT2D eigenvalue weighted by Gasteiger charge is 2.16. The smallest absolute Gasteiger partial charge is 0.220 e. The van der Waals surface area contributed by atoms with Crippen molar-refractivity contribution in [1.82, 2.24) is 4.90 Å². The largest absolute Gasteiger partial charge is 0.376 e. The maximum absolute atomic E-state index is 7.57. The maximum atomic E-state index is 7.57. The van der Waals surface area contributed by atoms with Gasteiger partial charge in [-0.15, -0.1) is 0 Å². The molecule has 6 nitrogen and oxygen atoms in total. The van der Waals surface area contributed by atoms with E-state index in [1.54, 1.807) is 11.9 Å². The van der Waals surface area contributed by atoms with Gasteiger partial charge in [-0.3, -0.25) is 5.41 Å². The Balaban J connectivity index is 2.36. The van der Waals surface area contributed by atoms with Crippen LogP contribution in [0.2, 0.25) is 0 Å². The summed E-state index contributed by atoms with van der Waals surface area (Å²) in [6.45, 7) is 1.48. The number of likely N-dealkylation sites (N-methyl/N-ethyl adjacent to an activating group) is 1. The van der Waals surface area contributed by atoms with Gasteiger partial charge in [-0.1, -0.05) is 0 Å². The number of rotatable bonds is 2. The average Bonchev–Trinajstić information content (AvgIpc) is 2.18. The first-order valence-electron chi connectivity index (χ1n) is 5.10. The summed E-state index contributed by atoms with van der Waals surface area (Å²) in [7, 11) is 1.78. The molecule has 0 aromatic heterocycles. The Morgan fingerprint density at radius 1 is 1.53 bits per heavy atom. The van der Waals surface area contributed by atoms with Gasteiger partial charge in [0.1, 0.15) is 0 Å². The summed E-state index contributed by atoms with van der Waals surface area (Å²) >= 11 is 0. The first-order chi connectivity index (χ1) is 7.09. The molecule has 1 heterocycles. The standard InChI is InChI=1S/C9H19N5O/c1-14(9(12)13-8(10)11)6-7-4-2-3-5-15-7/h7H,2-6H2,1H3,(H5,10,11,12,13). The van der Waals surface area contributed by atoms with Gasteiger partial charge in [-0.05, 0) is 19.3 Å². The van der Waals surface area contributed by atoms with Crippen LogP contribution >= 0.6 is 0 Å². The molecule has 1 unspecified atom stereocenters. The molecular weight excluding hydrogens is 194 g/mol. The van der Waals surface area contributed by atoms with E-state index in [2.05, 4.69) is 4.99 Å². The molecule has 0 spiro atoms. The molecule has 5 N–H and O–H groups in total. The van der Waals surface area contributed by atoms with Gasteiger partial charge in [0.2, 0.25) is 5.96 Å². The van der Waals surface area contributed by atoms with Crippen molar-refractivity contribution in [1.29, 1.82) is 5.41 Å². The van der Waals surface area contributed by atoms with Crippen LogP contribution in [-0.4, -0.2) is 43.1 Å². The molecule has 1 aliphatic heterocycles. The number of aliphatic imine (C=N–C) groups is 1. The van der Waals surface area contributed by atoms with Crippen molar-refractivity contribution in [3.05, 3.63) is 0 Å². The third-order valence-corrected chi connectivity index (χ3v) is 2.35. The molecule has 0 saturated carbocycles. The van der Waals surface area contributed by atoms with E-state index in [1.807, 2.05) is 0 Å². The SMILES string of the molecule is CN(CC1CCCCO1)C(=N)N=C(N)N. The van der Waals surface area contributed by atoms with Crippen LogP contribution in [0.4, 0.5) is 0 Å². The zero-order chi connectivity index (χ0) is 11.3. The minimum atomic E-state index is -0.0867. The van der Waals surface area contributed by atoms with Crippen LogP contribution in [0.5, 0.6) is 0 Å². The summed E-state index contributed by atoms with van der Waals surface area (Å²) in [6, 6.07) is 0. The first-order valence-corrected chi connectivity index (χ1v) is 5.10. The zero-order valence-corrected chi connectivity index (χ0v) is 9.07. The lowest BCUT2D eigenvalue weighted by Crippen LogP contribution is -2.37. The summed E-state index contributed by atoms with van der Waals surface area (Å²) < 4.78 is 5.55. The van der Waals surface area contributed by atoms with Gasteiger partial charge in [-0.2, -0.15) is 4.99 Å². The molecule has 0 aromatic carbocycles. The fourth-order valence-corrected chi connectivity index (χ4v) is 1.55. The van der Waals surface area contributed by atoms with Crippen LogP contribution in [-0.2, 0) is 4.74 Å². The first kappa shape index (κ1) is 11.8. The van der Waals surface area contributed by atoms with Gasteiger partial charge in [-0.25, -0.2) is 0 Å². The second kappa shape index (κ2) is 5.55. The summed E-state index contributed by atoms with van der Waals surface area (Å²) in [6.07, 6.45) is 3.55. The molecule has 15 heavy (non-hydrogen) atoms. The molecule has 1 atom stereocenters. The van der Waals surface area contributed by atoms with E-state index in [9.17, 15) is 0 Å². The lowest BCUT2D eigenvalue weighted by molar-refractivity contribution is 0.00695. The lowest BCUT2D eigenvalue weighted by Gasteiger charge is -2.27. The van der Waals surface area contributed by atoms with Crippen molar-refractivity contribution >= 4 is 11.9 Å². The summed E-state index contributed by atoms with van der Waals surface area (Å²) in [5.41, 5.74) is 10.4. The number of nitrogens with one attached hydrogen (secondary N) is 1. The normalized spacial score (nSPS) is 20.7. The fourth-order valence-electron chi connectivity index (χ4n) is 1.55. The molecular formula is C9H19N5O. The van der Waals surface area contributed by atoms with E-state index in [-0.39, 0.29) is 18.0 Å². The predicted octanol–water partition coefficient (Wildman–Crippen LogP) is -0.305. The van der Waals surface area contributed by atoms with E-state index >= 15 is 0 Å². The number of hydrogen-bond donors (Lipinski definition) is 3. The Morgan fingerprint density at radius 3 is 2.80 bits per heavy atom. The van der Waals surface area contributed by atoms with Gasteiger partial charge in [0.05, 0.1) is 6.10 Å². The molecule has 0 radical (unpaired) electrons. The third-order valence-electron chi connectivity index (χ3n) is 2.35. The number of nitrogens with two attached hydrogens (primary N) is 2. The second-order valence-electron chi connectivity index (χ2n) is 3.73. The molecule has 0 aromatic rings. The van der Waals surface area contributed by atoms with Crippen LogP contribution in [0, 0.1) is 5.41 Å². The quantitative estimate of drug-likeness (QED) is 0.433. The third kappa shape index (κ3) is 4.16. The van der Waals surface area contributed by atoms with Gasteiger partial charge in [0.25, 0.3) is 0 Å². The molecule has 0 aliphatic carbocycles. The number of hydrogen-bond acceptors (Lipinski definition) is 2. The molecule has 0 amide bonds. The van der Waals surface area contributed by atoms with Crippen molar-refractivity contribution in [2.24, 2.45) is 16.5 Å². The van der Waals surface area contributed by atoms with E-state index in [4.69, 9.17) is 21.6 Å². The van der Waals surface area contributed by atoms with Crippen molar-refractivity contribution in [2.45, 2.75) is 25.4 Å². The van der Waals surface area contributed by atoms with Crippen molar-refractivity contribution in [3.63, 3.8) is 0 Å². The second-order valence-corrected chi connectivity index (χ2v) is 3.73. The molecule has 1 rings (SSSR count). The Bertz CT molecular complexity index is 243. The average molecular weight is 213 g/mol. The maximum Gasteiger partial charge on any atom is 0.220 e. The van der Waals surface area contributed by atoms with Crippen molar-refractivity contribution in [3.8, 4) is 0 Å². The topological polar surface area (TPSA) is 101 Å². The van der Waals surface area contributed by atoms with Gasteiger partial charge in [0, 0.05) is 20.2 Å². The zero-order valence-electron chi connectivity index (χ0n) is 9.07. The Morgan fingerprint density at radius 2 is 2.27 bits per heavy atom. The highest BCUT2D eigenvalue weighted by atomic mass is 16.5. The summed E-state index contributed by atoms with van der Waals surface area (Å²) in [4.78, 5) is 5.36. The Labute approximate surface area is 89.8 Å². The number of nitrogens with zero attached hydrogens (tertiary/aromatic N) is 2. The molecule has 0 bridgehead atoms. The lowest BCUT2D eigenvalue weighted by atomic mass is 10.1. The van der Waals surface area contributed by atoms with Gasteiger partial charge in [0.15, 0.2) is 5.96 Å². The van der Waals surface area contributed by atoms with Crippen LogP contribution in [0.1, 0.15) is 19.3 Å². The van der Waals surface area contributed by atoms with E-state index in [1.165, 1.54) is 6.42 Å². The van der Waals surface area contributed by atoms with Crippen LogP contribution < -0.4 is 11.5 Å². The highest BCUT2D eigenvalue weighted by Crippen LogP contribution is 2.13. The van der Waals surface area contributed by atoms with E-state index in [0.717, 1.165) is 19.4 Å². The van der Waals surface area contributed by atoms with E-state index in [0.29, 0.717) is 6.54 Å². The monoisotopic (exact) mass is 213 g/mol. The van der Waals surface area contributed by atoms with Crippen molar-refractivity contribution < 1.29 is 4.74 Å². The Hall–Kier alpha value is -1.30. The minimum Gasteiger partial charge on any atom is -0.376 e. The van der Waals surface area contributed by atoms with Crippen LogP contribution in [0.3, 0.4) is 0 Å². The Kier molecular flexibility index (Phi) is 4.36. The van der Waals surface area contributed by atoms with Gasteiger partial charge < -0.3 is 21.1 Å². The van der Waals surface area contributed by atoms with Crippen LogP contribution in [0.15, 0.2) is 4.99 Å². The van der Waals surface area contributed by atoms with Crippen molar-refractivity contribution in [2.75, 3.05) is 20.2 Å². The van der Waals surface area contributed by atoms with Gasteiger partial charge >= 0.3 is 0 Å². The highest BCUT2D eigenvalue weighted by molar-refractivity contribution is 5.91. The number of ether oxygens (including phenoxy) is 1. The molecule has 6 heteroatoms. The summed E-state index contributed by atoms with van der Waals surface area (Å²) in [5, 5.41) is 7.57. The molecule has 1 aliphatic rings. The minimum absolute atomic E-state index is 0.0733.